The van der Waals surface area contributed by atoms with E-state index >= 15 is 0 Å². The van der Waals surface area contributed by atoms with Crippen molar-refractivity contribution in [2.24, 2.45) is 5.73 Å². The number of nitrogens with zero attached hydrogens (tertiary/aromatic N) is 1. The second-order valence-electron chi connectivity index (χ2n) is 3.99. The molecule has 0 radical (unpaired) electrons. The van der Waals surface area contributed by atoms with E-state index in [9.17, 15) is 4.79 Å². The fraction of sp³-hybridized carbons (Fsp3) is 0.333. The zero-order valence-corrected chi connectivity index (χ0v) is 10.2. The lowest BCUT2D eigenvalue weighted by Crippen LogP contribution is -2.13. The Kier molecular flexibility index (Phi) is 3.03. The largest absolute Gasteiger partial charge is 0.324 e. The van der Waals surface area contributed by atoms with E-state index in [1.54, 1.807) is 17.4 Å². The van der Waals surface area contributed by atoms with Gasteiger partial charge in [-0.25, -0.2) is 4.98 Å². The summed E-state index contributed by atoms with van der Waals surface area (Å²) < 4.78 is 1.06. The summed E-state index contributed by atoms with van der Waals surface area (Å²) in [6.07, 6.45) is 0. The van der Waals surface area contributed by atoms with E-state index in [0.717, 1.165) is 15.2 Å². The number of rotatable bonds is 3. The number of Topliss-reactive ketones (excluding diaryl/α,β-unsaturated/α-hetero) is 1. The first kappa shape index (κ1) is 11.2. The van der Waals surface area contributed by atoms with Gasteiger partial charge in [-0.05, 0) is 12.1 Å². The van der Waals surface area contributed by atoms with Gasteiger partial charge in [-0.15, -0.1) is 11.3 Å². The highest BCUT2D eigenvalue weighted by Crippen LogP contribution is 2.29. The Labute approximate surface area is 98.3 Å². The van der Waals surface area contributed by atoms with Crippen molar-refractivity contribution >= 4 is 27.3 Å². The van der Waals surface area contributed by atoms with Gasteiger partial charge < -0.3 is 5.73 Å². The van der Waals surface area contributed by atoms with Crippen LogP contribution in [0, 0.1) is 0 Å². The Morgan fingerprint density at radius 1 is 1.50 bits per heavy atom. The third kappa shape index (κ3) is 1.86. The van der Waals surface area contributed by atoms with Crippen LogP contribution in [0.3, 0.4) is 0 Å². The predicted molar refractivity (Wildman–Crippen MR) is 67.1 cm³/mol. The van der Waals surface area contributed by atoms with Gasteiger partial charge in [0.2, 0.25) is 0 Å². The number of hydrogen-bond donors (Lipinski definition) is 1. The summed E-state index contributed by atoms with van der Waals surface area (Å²) in [6.45, 7) is 4.23. The van der Waals surface area contributed by atoms with Crippen LogP contribution in [-0.4, -0.2) is 17.3 Å². The molecule has 0 amide bonds. The lowest BCUT2D eigenvalue weighted by Gasteiger charge is -1.98. The van der Waals surface area contributed by atoms with Gasteiger partial charge >= 0.3 is 0 Å². The molecule has 0 fully saturated rings. The van der Waals surface area contributed by atoms with E-state index in [2.05, 4.69) is 18.8 Å². The van der Waals surface area contributed by atoms with E-state index in [1.807, 2.05) is 12.1 Å². The monoisotopic (exact) mass is 234 g/mol. The number of carbonyl (C=O) groups excluding carboxylic acids is 1. The Bertz CT molecular complexity index is 531. The smallest absolute Gasteiger partial charge is 0.178 e. The van der Waals surface area contributed by atoms with Crippen molar-refractivity contribution in [3.8, 4) is 0 Å². The Morgan fingerprint density at radius 3 is 2.88 bits per heavy atom. The average Bonchev–Trinajstić information content (AvgIpc) is 2.71. The van der Waals surface area contributed by atoms with E-state index in [-0.39, 0.29) is 12.3 Å². The van der Waals surface area contributed by atoms with E-state index in [4.69, 9.17) is 5.73 Å². The van der Waals surface area contributed by atoms with Crippen LogP contribution in [0.2, 0.25) is 0 Å². The van der Waals surface area contributed by atoms with Gasteiger partial charge in [-0.1, -0.05) is 19.9 Å². The molecule has 0 aliphatic heterocycles. The van der Waals surface area contributed by atoms with Crippen molar-refractivity contribution in [1.29, 1.82) is 0 Å². The third-order valence-corrected chi connectivity index (χ3v) is 3.74. The highest BCUT2D eigenvalue weighted by molar-refractivity contribution is 7.18. The zero-order chi connectivity index (χ0) is 11.7. The van der Waals surface area contributed by atoms with Crippen LogP contribution in [0.1, 0.15) is 35.1 Å². The molecular formula is C12H14N2OS. The molecule has 1 aromatic carbocycles. The standard InChI is InChI=1S/C12H14N2OS/c1-7(2)12-14-11-8(9(15)6-13)4-3-5-10(11)16-12/h3-5,7H,6,13H2,1-2H3. The topological polar surface area (TPSA) is 56.0 Å². The molecule has 0 saturated heterocycles. The number of hydrogen-bond acceptors (Lipinski definition) is 4. The molecule has 4 heteroatoms. The van der Waals surface area contributed by atoms with Crippen LogP contribution in [0.25, 0.3) is 10.2 Å². The van der Waals surface area contributed by atoms with Crippen molar-refractivity contribution in [3.63, 3.8) is 0 Å². The molecule has 2 N–H and O–H groups in total. The molecule has 16 heavy (non-hydrogen) atoms. The van der Waals surface area contributed by atoms with E-state index in [1.165, 1.54) is 0 Å². The molecule has 0 aliphatic carbocycles. The molecule has 0 saturated carbocycles. The molecule has 2 rings (SSSR count). The maximum Gasteiger partial charge on any atom is 0.178 e. The normalized spacial score (nSPS) is 11.2. The minimum atomic E-state index is -0.0498. The molecule has 0 aliphatic rings. The summed E-state index contributed by atoms with van der Waals surface area (Å²) in [4.78, 5) is 16.2. The van der Waals surface area contributed by atoms with Crippen LogP contribution in [-0.2, 0) is 0 Å². The quantitative estimate of drug-likeness (QED) is 0.830. The minimum absolute atomic E-state index is 0.0354. The maximum absolute atomic E-state index is 11.6. The van der Waals surface area contributed by atoms with Gasteiger partial charge in [-0.2, -0.15) is 0 Å². The number of fused-ring (bicyclic) bond motifs is 1. The number of benzene rings is 1. The molecular weight excluding hydrogens is 220 g/mol. The van der Waals surface area contributed by atoms with Gasteiger partial charge in [-0.3, -0.25) is 4.79 Å². The summed E-state index contributed by atoms with van der Waals surface area (Å²) in [5, 5.41) is 1.06. The lowest BCUT2D eigenvalue weighted by molar-refractivity contribution is 0.100. The van der Waals surface area contributed by atoms with Gasteiger partial charge in [0, 0.05) is 11.5 Å². The molecule has 1 aromatic heterocycles. The highest BCUT2D eigenvalue weighted by atomic mass is 32.1. The van der Waals surface area contributed by atoms with Crippen molar-refractivity contribution < 1.29 is 4.79 Å². The number of para-hydroxylation sites is 1. The Hall–Kier alpha value is -1.26. The summed E-state index contributed by atoms with van der Waals surface area (Å²) in [6, 6.07) is 5.67. The van der Waals surface area contributed by atoms with E-state index in [0.29, 0.717) is 11.5 Å². The number of aromatic nitrogens is 1. The van der Waals surface area contributed by atoms with Crippen LogP contribution in [0.15, 0.2) is 18.2 Å². The lowest BCUT2D eigenvalue weighted by atomic mass is 10.1. The highest BCUT2D eigenvalue weighted by Gasteiger charge is 2.13. The average molecular weight is 234 g/mol. The molecule has 0 bridgehead atoms. The van der Waals surface area contributed by atoms with Gasteiger partial charge in [0.1, 0.15) is 0 Å². The minimum Gasteiger partial charge on any atom is -0.324 e. The first-order valence-electron chi connectivity index (χ1n) is 5.26. The predicted octanol–water partition coefficient (Wildman–Crippen LogP) is 2.56. The summed E-state index contributed by atoms with van der Waals surface area (Å²) >= 11 is 1.64. The summed E-state index contributed by atoms with van der Waals surface area (Å²) in [5.41, 5.74) is 6.83. The second-order valence-corrected chi connectivity index (χ2v) is 5.05. The van der Waals surface area contributed by atoms with Crippen LogP contribution >= 0.6 is 11.3 Å². The Balaban J connectivity index is 2.63. The fourth-order valence-electron chi connectivity index (χ4n) is 1.55. The van der Waals surface area contributed by atoms with Crippen molar-refractivity contribution in [2.45, 2.75) is 19.8 Å². The maximum atomic E-state index is 11.6. The van der Waals surface area contributed by atoms with Crippen molar-refractivity contribution in [3.05, 3.63) is 28.8 Å². The van der Waals surface area contributed by atoms with Gasteiger partial charge in [0.15, 0.2) is 5.78 Å². The van der Waals surface area contributed by atoms with Gasteiger partial charge in [0.05, 0.1) is 21.8 Å². The molecule has 3 nitrogen and oxygen atoms in total. The van der Waals surface area contributed by atoms with E-state index < -0.39 is 0 Å². The molecule has 84 valence electrons. The molecule has 0 unspecified atom stereocenters. The summed E-state index contributed by atoms with van der Waals surface area (Å²) in [5.74, 6) is 0.337. The van der Waals surface area contributed by atoms with Crippen LogP contribution in [0.5, 0.6) is 0 Å². The fourth-order valence-corrected chi connectivity index (χ4v) is 2.54. The first-order valence-corrected chi connectivity index (χ1v) is 6.08. The number of nitrogens with two attached hydrogens (primary N) is 1. The number of thiazole rings is 1. The molecule has 0 spiro atoms. The van der Waals surface area contributed by atoms with Crippen LogP contribution < -0.4 is 5.73 Å². The molecule has 1 heterocycles. The van der Waals surface area contributed by atoms with Crippen LogP contribution in [0.4, 0.5) is 0 Å². The third-order valence-electron chi connectivity index (χ3n) is 2.42. The molecule has 0 atom stereocenters. The first-order chi connectivity index (χ1) is 7.63. The zero-order valence-electron chi connectivity index (χ0n) is 9.36. The summed E-state index contributed by atoms with van der Waals surface area (Å²) in [7, 11) is 0. The molecule has 2 aromatic rings. The Morgan fingerprint density at radius 2 is 2.25 bits per heavy atom. The van der Waals surface area contributed by atoms with Crippen molar-refractivity contribution in [2.75, 3.05) is 6.54 Å². The van der Waals surface area contributed by atoms with Crippen molar-refractivity contribution in [1.82, 2.24) is 4.98 Å². The second kappa shape index (κ2) is 4.31. The SMILES string of the molecule is CC(C)c1nc2c(C(=O)CN)cccc2s1. The van der Waals surface area contributed by atoms with Gasteiger partial charge in [0.25, 0.3) is 0 Å². The number of ketones is 1. The number of carbonyl (C=O) groups is 1.